The summed E-state index contributed by atoms with van der Waals surface area (Å²) in [6.45, 7) is 0.174. The van der Waals surface area contributed by atoms with Gasteiger partial charge in [-0.05, 0) is 24.3 Å². The van der Waals surface area contributed by atoms with Crippen molar-refractivity contribution in [3.8, 4) is 11.5 Å². The lowest BCUT2D eigenvalue weighted by atomic mass is 10.1. The maximum atomic E-state index is 12.7. The molecule has 3 N–H and O–H groups in total. The third-order valence-electron chi connectivity index (χ3n) is 3.44. The third kappa shape index (κ3) is 3.37. The smallest absolute Gasteiger partial charge is 0.416 e. The lowest BCUT2D eigenvalue weighted by molar-refractivity contribution is -0.137. The molecular formula is C16H15F3N2O3. The van der Waals surface area contributed by atoms with Crippen molar-refractivity contribution in [1.29, 1.82) is 0 Å². The van der Waals surface area contributed by atoms with Crippen molar-refractivity contribution < 1.29 is 29.2 Å². The van der Waals surface area contributed by atoms with Gasteiger partial charge in [-0.3, -0.25) is 4.79 Å². The number of para-hydroxylation sites is 2. The summed E-state index contributed by atoms with van der Waals surface area (Å²) in [6.07, 6.45) is -5.53. The molecule has 1 atom stereocenters. The van der Waals surface area contributed by atoms with Crippen LogP contribution in [-0.4, -0.2) is 23.7 Å². The van der Waals surface area contributed by atoms with E-state index >= 15 is 0 Å². The molecule has 5 nitrogen and oxygen atoms in total. The van der Waals surface area contributed by atoms with Crippen molar-refractivity contribution in [2.75, 3.05) is 17.2 Å². The summed E-state index contributed by atoms with van der Waals surface area (Å²) in [5.74, 6) is -0.723. The number of halogens is 3. The summed E-state index contributed by atoms with van der Waals surface area (Å²) in [4.78, 5) is 12.2. The standard InChI is InChI=1S/C16H13F3N2O3.H2/c17-16(18,19)9-5-10(7-11(22)6-9)21-15(23)14-8-20-12-3-1-2-4-13(12)24-14;/h1-7,14,20,22H,8H2,(H,21,23);1H. The van der Waals surface area contributed by atoms with E-state index in [9.17, 15) is 23.1 Å². The summed E-state index contributed by atoms with van der Waals surface area (Å²) in [6, 6.07) is 9.39. The van der Waals surface area contributed by atoms with Crippen LogP contribution in [0.2, 0.25) is 0 Å². The Morgan fingerprint density at radius 3 is 2.79 bits per heavy atom. The normalized spacial score (nSPS) is 16.5. The second kappa shape index (κ2) is 5.95. The molecule has 0 aliphatic carbocycles. The quantitative estimate of drug-likeness (QED) is 0.783. The lowest BCUT2D eigenvalue weighted by Crippen LogP contribution is -2.41. The number of anilines is 2. The molecule has 2 aromatic carbocycles. The number of carbonyl (C=O) groups excluding carboxylic acids is 1. The Morgan fingerprint density at radius 1 is 1.29 bits per heavy atom. The Labute approximate surface area is 136 Å². The first-order chi connectivity index (χ1) is 11.3. The van der Waals surface area contributed by atoms with Crippen molar-refractivity contribution in [2.45, 2.75) is 12.3 Å². The molecule has 1 aliphatic rings. The van der Waals surface area contributed by atoms with E-state index in [1.165, 1.54) is 0 Å². The van der Waals surface area contributed by atoms with Gasteiger partial charge >= 0.3 is 6.18 Å². The maximum Gasteiger partial charge on any atom is 0.416 e. The van der Waals surface area contributed by atoms with E-state index in [0.717, 1.165) is 17.8 Å². The summed E-state index contributed by atoms with van der Waals surface area (Å²) in [5.41, 5.74) is -0.473. The molecule has 128 valence electrons. The first-order valence-corrected chi connectivity index (χ1v) is 7.04. The van der Waals surface area contributed by atoms with E-state index in [0.29, 0.717) is 11.8 Å². The third-order valence-corrected chi connectivity index (χ3v) is 3.44. The zero-order valence-electron chi connectivity index (χ0n) is 12.2. The molecular weight excluding hydrogens is 325 g/mol. The number of rotatable bonds is 2. The number of phenolic OH excluding ortho intramolecular Hbond substituents is 1. The van der Waals surface area contributed by atoms with Gasteiger partial charge in [-0.2, -0.15) is 13.2 Å². The Kier molecular flexibility index (Phi) is 3.96. The van der Waals surface area contributed by atoms with Crippen LogP contribution in [0.15, 0.2) is 42.5 Å². The van der Waals surface area contributed by atoms with Gasteiger partial charge in [-0.15, -0.1) is 0 Å². The monoisotopic (exact) mass is 340 g/mol. The van der Waals surface area contributed by atoms with E-state index in [1.54, 1.807) is 24.3 Å². The van der Waals surface area contributed by atoms with Gasteiger partial charge in [-0.1, -0.05) is 12.1 Å². The van der Waals surface area contributed by atoms with Gasteiger partial charge in [0.05, 0.1) is 17.8 Å². The predicted octanol–water partition coefficient (Wildman–Crippen LogP) is 3.47. The Hall–Kier alpha value is -2.90. The molecule has 1 heterocycles. The number of nitrogens with one attached hydrogen (secondary N) is 2. The van der Waals surface area contributed by atoms with Crippen LogP contribution in [0.3, 0.4) is 0 Å². The zero-order valence-corrected chi connectivity index (χ0v) is 12.2. The maximum absolute atomic E-state index is 12.7. The molecule has 0 bridgehead atoms. The van der Waals surface area contributed by atoms with Gasteiger partial charge in [0.2, 0.25) is 0 Å². The van der Waals surface area contributed by atoms with Crippen molar-refractivity contribution in [2.24, 2.45) is 0 Å². The number of ether oxygens (including phenoxy) is 1. The Morgan fingerprint density at radius 2 is 2.04 bits per heavy atom. The molecule has 0 aromatic heterocycles. The van der Waals surface area contributed by atoms with Crippen molar-refractivity contribution in [3.63, 3.8) is 0 Å². The number of phenols is 1. The topological polar surface area (TPSA) is 70.6 Å². The van der Waals surface area contributed by atoms with E-state index in [4.69, 9.17) is 4.74 Å². The van der Waals surface area contributed by atoms with Crippen LogP contribution < -0.4 is 15.4 Å². The van der Waals surface area contributed by atoms with Gasteiger partial charge in [0.25, 0.3) is 5.91 Å². The molecule has 24 heavy (non-hydrogen) atoms. The molecule has 0 radical (unpaired) electrons. The highest BCUT2D eigenvalue weighted by Crippen LogP contribution is 2.34. The summed E-state index contributed by atoms with van der Waals surface area (Å²) >= 11 is 0. The van der Waals surface area contributed by atoms with Gasteiger partial charge in [0, 0.05) is 13.2 Å². The number of aromatic hydroxyl groups is 1. The second-order valence-electron chi connectivity index (χ2n) is 5.24. The SMILES string of the molecule is O=C(Nc1cc(O)cc(C(F)(F)F)c1)C1CNc2ccccc2O1.[HH]. The fraction of sp³-hybridized carbons (Fsp3) is 0.188. The van der Waals surface area contributed by atoms with Gasteiger partial charge < -0.3 is 20.5 Å². The minimum absolute atomic E-state index is 0. The van der Waals surface area contributed by atoms with E-state index < -0.39 is 29.5 Å². The first kappa shape index (κ1) is 16.0. The number of hydrogen-bond donors (Lipinski definition) is 3. The average Bonchev–Trinajstić information content (AvgIpc) is 2.53. The minimum atomic E-state index is -4.62. The van der Waals surface area contributed by atoms with E-state index in [-0.39, 0.29) is 13.7 Å². The van der Waals surface area contributed by atoms with E-state index in [2.05, 4.69) is 10.6 Å². The summed E-state index contributed by atoms with van der Waals surface area (Å²) in [5, 5.41) is 14.8. The highest BCUT2D eigenvalue weighted by molar-refractivity contribution is 5.95. The zero-order chi connectivity index (χ0) is 17.3. The Bertz CT molecular complexity index is 783. The molecule has 1 unspecified atom stereocenters. The number of carbonyl (C=O) groups is 1. The van der Waals surface area contributed by atoms with E-state index in [1.807, 2.05) is 0 Å². The number of alkyl halides is 3. The molecule has 1 aliphatic heterocycles. The molecule has 3 rings (SSSR count). The number of benzene rings is 2. The van der Waals surface area contributed by atoms with Crippen molar-refractivity contribution in [3.05, 3.63) is 48.0 Å². The largest absolute Gasteiger partial charge is 0.508 e. The van der Waals surface area contributed by atoms with Gasteiger partial charge in [-0.25, -0.2) is 0 Å². The van der Waals surface area contributed by atoms with Crippen LogP contribution in [0.4, 0.5) is 24.5 Å². The van der Waals surface area contributed by atoms with Crippen LogP contribution in [0.25, 0.3) is 0 Å². The van der Waals surface area contributed by atoms with Gasteiger partial charge in [0.15, 0.2) is 6.10 Å². The van der Waals surface area contributed by atoms with Crippen LogP contribution in [-0.2, 0) is 11.0 Å². The summed E-state index contributed by atoms with van der Waals surface area (Å²) < 4.78 is 43.8. The molecule has 2 aromatic rings. The van der Waals surface area contributed by atoms with Crippen molar-refractivity contribution in [1.82, 2.24) is 0 Å². The average molecular weight is 340 g/mol. The number of hydrogen-bond acceptors (Lipinski definition) is 4. The highest BCUT2D eigenvalue weighted by atomic mass is 19.4. The molecule has 0 fully saturated rings. The molecule has 0 spiro atoms. The predicted molar refractivity (Wildman–Crippen MR) is 83.2 cm³/mol. The minimum Gasteiger partial charge on any atom is -0.508 e. The lowest BCUT2D eigenvalue weighted by Gasteiger charge is -2.26. The second-order valence-corrected chi connectivity index (χ2v) is 5.24. The van der Waals surface area contributed by atoms with Crippen LogP contribution in [0.1, 0.15) is 6.99 Å². The molecule has 1 amide bonds. The Balaban J connectivity index is 0.00000225. The molecule has 0 saturated carbocycles. The van der Waals surface area contributed by atoms with Crippen LogP contribution in [0, 0.1) is 0 Å². The number of amides is 1. The molecule has 8 heteroatoms. The first-order valence-electron chi connectivity index (χ1n) is 7.04. The fourth-order valence-corrected chi connectivity index (χ4v) is 2.33. The van der Waals surface area contributed by atoms with Crippen LogP contribution >= 0.6 is 0 Å². The van der Waals surface area contributed by atoms with Gasteiger partial charge in [0.1, 0.15) is 11.5 Å². The summed E-state index contributed by atoms with van der Waals surface area (Å²) in [7, 11) is 0. The van der Waals surface area contributed by atoms with Crippen molar-refractivity contribution >= 4 is 17.3 Å². The fourth-order valence-electron chi connectivity index (χ4n) is 2.33. The number of fused-ring (bicyclic) bond motifs is 1. The molecule has 0 saturated heterocycles. The highest BCUT2D eigenvalue weighted by Gasteiger charge is 2.32. The van der Waals surface area contributed by atoms with Crippen LogP contribution in [0.5, 0.6) is 11.5 Å².